The van der Waals surface area contributed by atoms with Gasteiger partial charge in [0, 0.05) is 30.4 Å². The molecule has 1 atom stereocenters. The van der Waals surface area contributed by atoms with Crippen LogP contribution in [0.4, 0.5) is 5.82 Å². The largest absolute Gasteiger partial charge is 0.380 e. The average molecular weight is 336 g/mol. The van der Waals surface area contributed by atoms with Gasteiger partial charge in [-0.15, -0.1) is 0 Å². The minimum Gasteiger partial charge on any atom is -0.380 e. The van der Waals surface area contributed by atoms with Crippen molar-refractivity contribution in [2.45, 2.75) is 17.4 Å². The number of nitrogens with zero attached hydrogens (tertiary/aromatic N) is 1. The van der Waals surface area contributed by atoms with E-state index in [0.29, 0.717) is 29.9 Å². The van der Waals surface area contributed by atoms with Crippen LogP contribution in [0.15, 0.2) is 21.6 Å². The first kappa shape index (κ1) is 13.7. The Hall–Kier alpha value is -0.700. The van der Waals surface area contributed by atoms with Crippen LogP contribution in [0.2, 0.25) is 0 Å². The summed E-state index contributed by atoms with van der Waals surface area (Å²) in [6.07, 6.45) is 2.24. The molecule has 0 saturated carbocycles. The SMILES string of the molecule is CNc1ncc(Br)cc1S(=O)(=O)NC1CCOC1. The van der Waals surface area contributed by atoms with E-state index >= 15 is 0 Å². The highest BCUT2D eigenvalue weighted by molar-refractivity contribution is 9.10. The van der Waals surface area contributed by atoms with Gasteiger partial charge < -0.3 is 10.1 Å². The zero-order valence-corrected chi connectivity index (χ0v) is 12.2. The molecule has 1 unspecified atom stereocenters. The Morgan fingerprint density at radius 3 is 2.94 bits per heavy atom. The summed E-state index contributed by atoms with van der Waals surface area (Å²) in [5.74, 6) is 0.324. The molecule has 1 aromatic rings. The van der Waals surface area contributed by atoms with E-state index in [1.807, 2.05) is 0 Å². The lowest BCUT2D eigenvalue weighted by Crippen LogP contribution is -2.35. The molecule has 6 nitrogen and oxygen atoms in total. The molecule has 8 heteroatoms. The second kappa shape index (κ2) is 5.52. The second-order valence-electron chi connectivity index (χ2n) is 3.93. The lowest BCUT2D eigenvalue weighted by atomic mass is 10.3. The number of hydrogen-bond donors (Lipinski definition) is 2. The second-order valence-corrected chi connectivity index (χ2v) is 6.53. The van der Waals surface area contributed by atoms with Gasteiger partial charge in [-0.1, -0.05) is 0 Å². The molecule has 1 fully saturated rings. The highest BCUT2D eigenvalue weighted by Gasteiger charge is 2.26. The van der Waals surface area contributed by atoms with Crippen LogP contribution < -0.4 is 10.0 Å². The first-order valence-corrected chi connectivity index (χ1v) is 7.74. The molecule has 2 heterocycles. The van der Waals surface area contributed by atoms with E-state index in [1.165, 1.54) is 6.07 Å². The van der Waals surface area contributed by atoms with E-state index < -0.39 is 10.0 Å². The van der Waals surface area contributed by atoms with Crippen LogP contribution in [-0.4, -0.2) is 39.7 Å². The molecule has 100 valence electrons. The fraction of sp³-hybridized carbons (Fsp3) is 0.500. The van der Waals surface area contributed by atoms with Crippen molar-refractivity contribution in [2.24, 2.45) is 0 Å². The van der Waals surface area contributed by atoms with Gasteiger partial charge in [-0.2, -0.15) is 0 Å². The summed E-state index contributed by atoms with van der Waals surface area (Å²) in [4.78, 5) is 4.16. The maximum absolute atomic E-state index is 12.3. The van der Waals surface area contributed by atoms with Gasteiger partial charge in [0.15, 0.2) is 0 Å². The predicted octanol–water partition coefficient (Wildman–Crippen LogP) is 0.953. The lowest BCUT2D eigenvalue weighted by Gasteiger charge is -2.14. The molecule has 0 bridgehead atoms. The maximum Gasteiger partial charge on any atom is 0.244 e. The van der Waals surface area contributed by atoms with Gasteiger partial charge in [0.05, 0.1) is 6.61 Å². The van der Waals surface area contributed by atoms with Crippen molar-refractivity contribution in [1.82, 2.24) is 9.71 Å². The van der Waals surface area contributed by atoms with Crippen molar-refractivity contribution in [3.8, 4) is 0 Å². The molecule has 1 aromatic heterocycles. The fourth-order valence-electron chi connectivity index (χ4n) is 1.72. The van der Waals surface area contributed by atoms with Gasteiger partial charge in [-0.25, -0.2) is 18.1 Å². The summed E-state index contributed by atoms with van der Waals surface area (Å²) >= 11 is 3.22. The number of pyridine rings is 1. The molecular weight excluding hydrogens is 322 g/mol. The standard InChI is InChI=1S/C10H14BrN3O3S/c1-12-10-9(4-7(11)5-13-10)18(15,16)14-8-2-3-17-6-8/h4-5,8,14H,2-3,6H2,1H3,(H,12,13). The van der Waals surface area contributed by atoms with Crippen LogP contribution in [0.25, 0.3) is 0 Å². The third kappa shape index (κ3) is 3.00. The van der Waals surface area contributed by atoms with Gasteiger partial charge in [0.2, 0.25) is 10.0 Å². The van der Waals surface area contributed by atoms with E-state index in [9.17, 15) is 8.42 Å². The molecule has 18 heavy (non-hydrogen) atoms. The van der Waals surface area contributed by atoms with E-state index in [4.69, 9.17) is 4.74 Å². The number of anilines is 1. The normalized spacial score (nSPS) is 20.0. The monoisotopic (exact) mass is 335 g/mol. The Bertz CT molecular complexity index is 529. The molecular formula is C10H14BrN3O3S. The highest BCUT2D eigenvalue weighted by Crippen LogP contribution is 2.23. The first-order valence-electron chi connectivity index (χ1n) is 5.46. The van der Waals surface area contributed by atoms with Crippen LogP contribution in [0, 0.1) is 0 Å². The summed E-state index contributed by atoms with van der Waals surface area (Å²) in [6.45, 7) is 0.998. The zero-order valence-electron chi connectivity index (χ0n) is 9.81. The van der Waals surface area contributed by atoms with Crippen LogP contribution in [0.5, 0.6) is 0 Å². The molecule has 1 aliphatic rings. The van der Waals surface area contributed by atoms with E-state index in [1.54, 1.807) is 13.2 Å². The predicted molar refractivity (Wildman–Crippen MR) is 71.0 cm³/mol. The van der Waals surface area contributed by atoms with E-state index in [2.05, 4.69) is 31.0 Å². The molecule has 1 saturated heterocycles. The Kier molecular flexibility index (Phi) is 4.21. The molecule has 0 amide bonds. The summed E-state index contributed by atoms with van der Waals surface area (Å²) < 4.78 is 32.9. The number of rotatable bonds is 4. The summed E-state index contributed by atoms with van der Waals surface area (Å²) in [5, 5.41) is 2.77. The van der Waals surface area contributed by atoms with Crippen molar-refractivity contribution < 1.29 is 13.2 Å². The summed E-state index contributed by atoms with van der Waals surface area (Å²) in [7, 11) is -1.96. The van der Waals surface area contributed by atoms with Crippen molar-refractivity contribution in [3.63, 3.8) is 0 Å². The third-order valence-corrected chi connectivity index (χ3v) is 4.56. The van der Waals surface area contributed by atoms with Crippen molar-refractivity contribution in [3.05, 3.63) is 16.7 Å². The topological polar surface area (TPSA) is 80.3 Å². The summed E-state index contributed by atoms with van der Waals surface area (Å²) in [5.41, 5.74) is 0. The quantitative estimate of drug-likeness (QED) is 0.856. The van der Waals surface area contributed by atoms with Crippen molar-refractivity contribution in [1.29, 1.82) is 0 Å². The van der Waals surface area contributed by atoms with Gasteiger partial charge in [-0.3, -0.25) is 0 Å². The zero-order chi connectivity index (χ0) is 13.2. The van der Waals surface area contributed by atoms with Crippen LogP contribution in [0.1, 0.15) is 6.42 Å². The molecule has 2 N–H and O–H groups in total. The fourth-order valence-corrected chi connectivity index (χ4v) is 3.65. The molecule has 2 rings (SSSR count). The number of halogens is 1. The van der Waals surface area contributed by atoms with Gasteiger partial charge >= 0.3 is 0 Å². The number of ether oxygens (including phenoxy) is 1. The first-order chi connectivity index (χ1) is 8.53. The Morgan fingerprint density at radius 2 is 2.33 bits per heavy atom. The Labute approximate surface area is 114 Å². The number of nitrogens with one attached hydrogen (secondary N) is 2. The average Bonchev–Trinajstić information content (AvgIpc) is 2.81. The van der Waals surface area contributed by atoms with Crippen molar-refractivity contribution in [2.75, 3.05) is 25.6 Å². The van der Waals surface area contributed by atoms with E-state index in [-0.39, 0.29) is 10.9 Å². The number of hydrogen-bond acceptors (Lipinski definition) is 5. The van der Waals surface area contributed by atoms with Crippen molar-refractivity contribution >= 4 is 31.8 Å². The number of sulfonamides is 1. The smallest absolute Gasteiger partial charge is 0.244 e. The lowest BCUT2D eigenvalue weighted by molar-refractivity contribution is 0.192. The van der Waals surface area contributed by atoms with E-state index in [0.717, 1.165) is 0 Å². The minimum atomic E-state index is -3.59. The Balaban J connectivity index is 2.30. The van der Waals surface area contributed by atoms with Gasteiger partial charge in [-0.05, 0) is 28.4 Å². The van der Waals surface area contributed by atoms with Gasteiger partial charge in [0.25, 0.3) is 0 Å². The number of aromatic nitrogens is 1. The molecule has 1 aliphatic heterocycles. The molecule has 0 radical (unpaired) electrons. The summed E-state index contributed by atoms with van der Waals surface area (Å²) in [6, 6.07) is 1.36. The molecule has 0 spiro atoms. The maximum atomic E-state index is 12.3. The van der Waals surface area contributed by atoms with Crippen LogP contribution in [-0.2, 0) is 14.8 Å². The third-order valence-electron chi connectivity index (χ3n) is 2.60. The minimum absolute atomic E-state index is 0.131. The molecule has 0 aromatic carbocycles. The van der Waals surface area contributed by atoms with Crippen LogP contribution >= 0.6 is 15.9 Å². The highest BCUT2D eigenvalue weighted by atomic mass is 79.9. The van der Waals surface area contributed by atoms with Crippen LogP contribution in [0.3, 0.4) is 0 Å². The molecule has 0 aliphatic carbocycles. The van der Waals surface area contributed by atoms with Gasteiger partial charge in [0.1, 0.15) is 10.7 Å². The Morgan fingerprint density at radius 1 is 1.56 bits per heavy atom.